The predicted octanol–water partition coefficient (Wildman–Crippen LogP) is 0.957. The van der Waals surface area contributed by atoms with Crippen molar-refractivity contribution in [3.63, 3.8) is 0 Å². The van der Waals surface area contributed by atoms with E-state index < -0.39 is 0 Å². The van der Waals surface area contributed by atoms with E-state index in [2.05, 4.69) is 18.7 Å². The minimum absolute atomic E-state index is 0.120. The molecular formula is C18H31N3O3. The second kappa shape index (κ2) is 7.83. The van der Waals surface area contributed by atoms with Gasteiger partial charge in [-0.25, -0.2) is 0 Å². The van der Waals surface area contributed by atoms with Crippen molar-refractivity contribution >= 4 is 11.8 Å². The van der Waals surface area contributed by atoms with Gasteiger partial charge in [-0.1, -0.05) is 0 Å². The lowest BCUT2D eigenvalue weighted by Gasteiger charge is -2.38. The largest absolute Gasteiger partial charge is 0.376 e. The van der Waals surface area contributed by atoms with Gasteiger partial charge in [-0.05, 0) is 39.5 Å². The maximum atomic E-state index is 12.6. The molecule has 2 amide bonds. The molecule has 3 aliphatic rings. The van der Waals surface area contributed by atoms with Crippen LogP contribution in [0.4, 0.5) is 0 Å². The Kier molecular flexibility index (Phi) is 5.76. The van der Waals surface area contributed by atoms with Gasteiger partial charge < -0.3 is 14.5 Å². The number of morpholine rings is 1. The number of ether oxygens (including phenoxy) is 1. The van der Waals surface area contributed by atoms with E-state index in [4.69, 9.17) is 4.74 Å². The van der Waals surface area contributed by atoms with Crippen molar-refractivity contribution in [2.45, 2.75) is 51.7 Å². The molecule has 0 saturated carbocycles. The molecule has 0 aromatic carbocycles. The third-order valence-electron chi connectivity index (χ3n) is 5.69. The van der Waals surface area contributed by atoms with E-state index in [0.717, 1.165) is 58.4 Å². The Hall–Kier alpha value is -1.14. The Bertz CT molecular complexity index is 456. The maximum Gasteiger partial charge on any atom is 0.236 e. The second-order valence-electron chi connectivity index (χ2n) is 7.61. The van der Waals surface area contributed by atoms with E-state index in [1.165, 1.54) is 0 Å². The van der Waals surface area contributed by atoms with E-state index >= 15 is 0 Å². The van der Waals surface area contributed by atoms with Crippen LogP contribution in [0.5, 0.6) is 0 Å². The molecule has 3 aliphatic heterocycles. The Morgan fingerprint density at radius 1 is 1.00 bits per heavy atom. The van der Waals surface area contributed by atoms with Crippen LogP contribution in [-0.2, 0) is 14.3 Å². The van der Waals surface area contributed by atoms with Crippen molar-refractivity contribution in [1.29, 1.82) is 0 Å². The first kappa shape index (κ1) is 17.7. The van der Waals surface area contributed by atoms with Crippen LogP contribution in [0, 0.1) is 5.92 Å². The number of rotatable bonds is 3. The van der Waals surface area contributed by atoms with E-state index in [1.807, 2.05) is 9.80 Å². The molecule has 136 valence electrons. The van der Waals surface area contributed by atoms with Crippen LogP contribution in [0.15, 0.2) is 0 Å². The molecule has 3 rings (SSSR count). The average Bonchev–Trinajstić information content (AvgIpc) is 3.12. The molecule has 3 fully saturated rings. The number of amides is 2. The molecule has 0 radical (unpaired) electrons. The zero-order valence-electron chi connectivity index (χ0n) is 15.1. The molecule has 0 aliphatic carbocycles. The molecule has 3 saturated heterocycles. The third kappa shape index (κ3) is 4.09. The first-order valence-corrected chi connectivity index (χ1v) is 9.47. The first-order valence-electron chi connectivity index (χ1n) is 9.47. The van der Waals surface area contributed by atoms with Gasteiger partial charge in [-0.2, -0.15) is 0 Å². The second-order valence-corrected chi connectivity index (χ2v) is 7.61. The van der Waals surface area contributed by atoms with Crippen LogP contribution < -0.4 is 0 Å². The fraction of sp³-hybridized carbons (Fsp3) is 0.889. The minimum atomic E-state index is 0.120. The number of hydrogen-bond acceptors (Lipinski definition) is 4. The fourth-order valence-corrected chi connectivity index (χ4v) is 4.04. The molecule has 24 heavy (non-hydrogen) atoms. The quantitative estimate of drug-likeness (QED) is 0.770. The van der Waals surface area contributed by atoms with Crippen molar-refractivity contribution in [2.75, 3.05) is 45.9 Å². The summed E-state index contributed by atoms with van der Waals surface area (Å²) >= 11 is 0. The number of nitrogens with zero attached hydrogens (tertiary/aromatic N) is 3. The van der Waals surface area contributed by atoms with Gasteiger partial charge in [0.1, 0.15) is 0 Å². The van der Waals surface area contributed by atoms with Gasteiger partial charge >= 0.3 is 0 Å². The van der Waals surface area contributed by atoms with Gasteiger partial charge in [0.25, 0.3) is 0 Å². The van der Waals surface area contributed by atoms with Gasteiger partial charge in [-0.15, -0.1) is 0 Å². The van der Waals surface area contributed by atoms with Crippen molar-refractivity contribution in [2.24, 2.45) is 5.92 Å². The molecular weight excluding hydrogens is 306 g/mol. The summed E-state index contributed by atoms with van der Waals surface area (Å²) in [6.45, 7) is 9.43. The third-order valence-corrected chi connectivity index (χ3v) is 5.69. The summed E-state index contributed by atoms with van der Waals surface area (Å²) < 4.78 is 5.63. The number of carbonyl (C=O) groups excluding carboxylic acids is 2. The highest BCUT2D eigenvalue weighted by Gasteiger charge is 2.32. The highest BCUT2D eigenvalue weighted by atomic mass is 16.5. The number of piperidine rings is 1. The SMILES string of the molecule is C[C@H]1CN(CC(=O)N2CCC(C(=O)N3CCCC3)CC2)[C@@H](C)CO1. The normalized spacial score (nSPS) is 29.9. The summed E-state index contributed by atoms with van der Waals surface area (Å²) in [4.78, 5) is 31.3. The summed E-state index contributed by atoms with van der Waals surface area (Å²) in [6.07, 6.45) is 4.10. The summed E-state index contributed by atoms with van der Waals surface area (Å²) in [6, 6.07) is 0.291. The van der Waals surface area contributed by atoms with Crippen molar-refractivity contribution < 1.29 is 14.3 Å². The standard InChI is InChI=1S/C18H31N3O3/c1-14-13-24-15(2)11-21(14)12-17(22)19-9-5-16(6-10-19)18(23)20-7-3-4-8-20/h14-16H,3-13H2,1-2H3/t14-,15-/m0/s1. The van der Waals surface area contributed by atoms with Crippen molar-refractivity contribution in [3.05, 3.63) is 0 Å². The molecule has 0 bridgehead atoms. The number of carbonyl (C=O) groups is 2. The highest BCUT2D eigenvalue weighted by molar-refractivity contribution is 5.81. The summed E-state index contributed by atoms with van der Waals surface area (Å²) in [5.74, 6) is 0.632. The van der Waals surface area contributed by atoms with Crippen LogP contribution in [0.3, 0.4) is 0 Å². The Morgan fingerprint density at radius 3 is 2.33 bits per heavy atom. The molecule has 2 atom stereocenters. The summed E-state index contributed by atoms with van der Waals surface area (Å²) in [7, 11) is 0. The lowest BCUT2D eigenvalue weighted by molar-refractivity contribution is -0.142. The van der Waals surface area contributed by atoms with E-state index in [9.17, 15) is 9.59 Å². The van der Waals surface area contributed by atoms with Gasteiger partial charge in [0.15, 0.2) is 0 Å². The zero-order chi connectivity index (χ0) is 17.1. The molecule has 6 heteroatoms. The summed E-state index contributed by atoms with van der Waals surface area (Å²) in [5.41, 5.74) is 0. The molecule has 0 unspecified atom stereocenters. The smallest absolute Gasteiger partial charge is 0.236 e. The van der Waals surface area contributed by atoms with Gasteiger partial charge in [0.05, 0.1) is 19.3 Å². The summed E-state index contributed by atoms with van der Waals surface area (Å²) in [5, 5.41) is 0. The molecule has 3 heterocycles. The average molecular weight is 337 g/mol. The first-order chi connectivity index (χ1) is 11.5. The van der Waals surface area contributed by atoms with Crippen LogP contribution in [-0.4, -0.2) is 84.5 Å². The molecule has 0 aromatic rings. The monoisotopic (exact) mass is 337 g/mol. The van der Waals surface area contributed by atoms with Crippen molar-refractivity contribution in [3.8, 4) is 0 Å². The Morgan fingerprint density at radius 2 is 1.67 bits per heavy atom. The van der Waals surface area contributed by atoms with Gasteiger partial charge in [0.2, 0.25) is 11.8 Å². The molecule has 0 spiro atoms. The Labute approximate surface area is 145 Å². The predicted molar refractivity (Wildman–Crippen MR) is 91.6 cm³/mol. The fourth-order valence-electron chi connectivity index (χ4n) is 4.04. The van der Waals surface area contributed by atoms with E-state index in [1.54, 1.807) is 0 Å². The van der Waals surface area contributed by atoms with E-state index in [0.29, 0.717) is 25.1 Å². The molecule has 0 aromatic heterocycles. The van der Waals surface area contributed by atoms with Crippen LogP contribution in [0.25, 0.3) is 0 Å². The topological polar surface area (TPSA) is 53.1 Å². The van der Waals surface area contributed by atoms with E-state index in [-0.39, 0.29) is 17.9 Å². The zero-order valence-corrected chi connectivity index (χ0v) is 15.1. The lowest BCUT2D eigenvalue weighted by Crippen LogP contribution is -2.52. The van der Waals surface area contributed by atoms with Crippen LogP contribution in [0.2, 0.25) is 0 Å². The van der Waals surface area contributed by atoms with Gasteiger partial charge in [-0.3, -0.25) is 14.5 Å². The highest BCUT2D eigenvalue weighted by Crippen LogP contribution is 2.22. The van der Waals surface area contributed by atoms with Crippen LogP contribution >= 0.6 is 0 Å². The lowest BCUT2D eigenvalue weighted by atomic mass is 9.95. The van der Waals surface area contributed by atoms with Crippen LogP contribution in [0.1, 0.15) is 39.5 Å². The molecule has 6 nitrogen and oxygen atoms in total. The van der Waals surface area contributed by atoms with Crippen molar-refractivity contribution in [1.82, 2.24) is 14.7 Å². The number of likely N-dealkylation sites (tertiary alicyclic amines) is 2. The minimum Gasteiger partial charge on any atom is -0.376 e. The van der Waals surface area contributed by atoms with Gasteiger partial charge in [0, 0.05) is 44.7 Å². The number of hydrogen-bond donors (Lipinski definition) is 0. The maximum absolute atomic E-state index is 12.6. The Balaban J connectivity index is 1.45. The molecule has 0 N–H and O–H groups in total.